The van der Waals surface area contributed by atoms with Gasteiger partial charge in [0, 0.05) is 22.3 Å². The van der Waals surface area contributed by atoms with Crippen LogP contribution in [-0.2, 0) is 43.3 Å². The number of nitrogens with two attached hydrogens (primary N) is 2. The Morgan fingerprint density at radius 1 is 0.256 bits per heavy atom. The fourth-order valence-electron chi connectivity index (χ4n) is 11.2. The average Bonchev–Trinajstić information content (AvgIpc) is 4.25. The van der Waals surface area contributed by atoms with Crippen LogP contribution in [0.4, 0.5) is 11.4 Å². The summed E-state index contributed by atoms with van der Waals surface area (Å²) in [7, 11) is 0. The number of hydrogen-bond donors (Lipinski definition) is 4. The fraction of sp³-hybridized carbons (Fsp3) is 0.421. The van der Waals surface area contributed by atoms with E-state index >= 15 is 0 Å². The molecule has 9 rings (SSSR count). The van der Waals surface area contributed by atoms with Gasteiger partial charge < -0.3 is 21.4 Å². The average molecular weight is 1090 g/mol. The molecule has 5 heterocycles. The second-order valence-corrected chi connectivity index (χ2v) is 32.2. The van der Waals surface area contributed by atoms with Gasteiger partial charge in [-0.2, -0.15) is 0 Å². The molecule has 6 nitrogen and oxygen atoms in total. The van der Waals surface area contributed by atoms with E-state index in [-0.39, 0.29) is 43.3 Å². The summed E-state index contributed by atoms with van der Waals surface area (Å²) in [5.41, 5.74) is 39.9. The highest BCUT2D eigenvalue weighted by Gasteiger charge is 2.30. The summed E-state index contributed by atoms with van der Waals surface area (Å²) in [6.45, 7) is 55.1. The van der Waals surface area contributed by atoms with Crippen LogP contribution >= 0.6 is 0 Å². The zero-order chi connectivity index (χ0) is 60.6. The van der Waals surface area contributed by atoms with Crippen LogP contribution in [0.3, 0.4) is 0 Å². The van der Waals surface area contributed by atoms with E-state index in [1.54, 1.807) is 0 Å². The van der Waals surface area contributed by atoms with Gasteiger partial charge in [0.25, 0.3) is 0 Å². The second kappa shape index (κ2) is 19.9. The van der Waals surface area contributed by atoms with Gasteiger partial charge in [0.2, 0.25) is 0 Å². The van der Waals surface area contributed by atoms with Crippen LogP contribution in [0.2, 0.25) is 0 Å². The first kappa shape index (κ1) is 59.7. The molecule has 8 bridgehead atoms. The number of aromatic nitrogens is 4. The van der Waals surface area contributed by atoms with Gasteiger partial charge in [0.15, 0.2) is 0 Å². The van der Waals surface area contributed by atoms with Gasteiger partial charge in [-0.05, 0) is 147 Å². The number of H-pyrrole nitrogens is 2. The Hall–Kier alpha value is -6.92. The molecule has 7 aromatic rings. The first-order valence-electron chi connectivity index (χ1n) is 29.9. The van der Waals surface area contributed by atoms with Crippen LogP contribution in [0.5, 0.6) is 0 Å². The highest BCUT2D eigenvalue weighted by Crippen LogP contribution is 2.46. The summed E-state index contributed by atoms with van der Waals surface area (Å²) < 4.78 is 0. The minimum absolute atomic E-state index is 0.141. The third kappa shape index (κ3) is 11.8. The van der Waals surface area contributed by atoms with Crippen molar-refractivity contribution in [3.63, 3.8) is 0 Å². The number of nitrogens with zero attached hydrogens (tertiary/aromatic N) is 2. The number of anilines is 2. The van der Waals surface area contributed by atoms with Crippen LogP contribution < -0.4 is 11.5 Å². The summed E-state index contributed by atoms with van der Waals surface area (Å²) >= 11 is 0. The summed E-state index contributed by atoms with van der Waals surface area (Å²) in [5.74, 6) is 0. The maximum absolute atomic E-state index is 7.60. The fourth-order valence-corrected chi connectivity index (χ4v) is 11.2. The summed E-state index contributed by atoms with van der Waals surface area (Å²) in [4.78, 5) is 19.8. The van der Waals surface area contributed by atoms with Crippen LogP contribution in [0.1, 0.15) is 233 Å². The summed E-state index contributed by atoms with van der Waals surface area (Å²) in [6, 6.07) is 32.7. The van der Waals surface area contributed by atoms with Crippen molar-refractivity contribution in [3.05, 3.63) is 152 Å². The van der Waals surface area contributed by atoms with Gasteiger partial charge in [-0.1, -0.05) is 239 Å². The van der Waals surface area contributed by atoms with Crippen LogP contribution in [0.15, 0.2) is 84.9 Å². The molecule has 0 unspecified atom stereocenters. The monoisotopic (exact) mass is 1090 g/mol. The Labute approximate surface area is 492 Å². The van der Waals surface area contributed by atoms with E-state index in [0.717, 1.165) is 89.4 Å². The lowest BCUT2D eigenvalue weighted by atomic mass is 9.78. The number of nitrogen functional groups attached to an aromatic ring is 2. The SMILES string of the molecule is CC(C)(C)c1cc(-c2c3nc(c(-c4cc(C(C)(C)C)cc(C(C)(C)C)c4)c4cc(N)c([nH]4)c(-c4cc(C(C)(C)C)cc(C(C)(C)C)c4)c4nc(c(-c5cc(C(C)(C)C)cc(C(C)(C)C)c5)c5[nH]c2cc5N)C=C4)C=C3)cc(C(C)(C)C)c1. The standard InChI is InChI=1S/C76H96N6/c1-69(2,3)47-29-43(30-48(37-47)70(4,5)6)63-57-25-26-58(79-57)64(44-31-49(71(7,8)9)38-50(32-44)72(10,11)12)62-42-56(78)68(82-62)66(46-35-53(75(19,20)21)40-54(36-46)76(22,23)24)60-28-27-59(80-60)65(67-55(77)41-61(63)81-67)45-33-51(73(13,14)15)39-52(34-45)74(16,17)18/h25-42,81-82H,77-78H2,1-24H3. The van der Waals surface area contributed by atoms with Gasteiger partial charge in [0.05, 0.1) is 56.2 Å². The normalized spacial score (nSPS) is 13.9. The van der Waals surface area contributed by atoms with Gasteiger partial charge in [-0.3, -0.25) is 0 Å². The molecule has 0 saturated heterocycles. The van der Waals surface area contributed by atoms with Crippen molar-refractivity contribution < 1.29 is 0 Å². The van der Waals surface area contributed by atoms with E-state index in [1.807, 2.05) is 0 Å². The number of aromatic amines is 2. The molecule has 0 amide bonds. The topological polar surface area (TPSA) is 109 Å². The molecule has 430 valence electrons. The third-order valence-corrected chi connectivity index (χ3v) is 16.9. The molecule has 0 saturated carbocycles. The third-order valence-electron chi connectivity index (χ3n) is 16.9. The Kier molecular flexibility index (Phi) is 14.5. The Balaban J connectivity index is 1.60. The van der Waals surface area contributed by atoms with E-state index in [1.165, 1.54) is 44.5 Å². The molecular weight excluding hydrogens is 997 g/mol. The molecule has 0 radical (unpaired) electrons. The van der Waals surface area contributed by atoms with Crippen molar-refractivity contribution in [1.82, 2.24) is 19.9 Å². The summed E-state index contributed by atoms with van der Waals surface area (Å²) in [5, 5.41) is 0. The van der Waals surface area contributed by atoms with Crippen molar-refractivity contribution in [2.75, 3.05) is 11.5 Å². The molecule has 82 heavy (non-hydrogen) atoms. The van der Waals surface area contributed by atoms with Crippen molar-refractivity contribution >= 4 is 57.7 Å². The largest absolute Gasteiger partial charge is 0.397 e. The molecule has 6 heteroatoms. The predicted molar refractivity (Wildman–Crippen MR) is 359 cm³/mol. The lowest BCUT2D eigenvalue weighted by Gasteiger charge is -2.26. The zero-order valence-electron chi connectivity index (χ0n) is 54.4. The van der Waals surface area contributed by atoms with Gasteiger partial charge in [0.1, 0.15) is 0 Å². The quantitative estimate of drug-likeness (QED) is 0.141. The van der Waals surface area contributed by atoms with Crippen molar-refractivity contribution in [2.45, 2.75) is 209 Å². The highest BCUT2D eigenvalue weighted by molar-refractivity contribution is 6.05. The Bertz CT molecular complexity index is 3550. The Morgan fingerprint density at radius 3 is 0.634 bits per heavy atom. The molecule has 3 aromatic heterocycles. The van der Waals surface area contributed by atoms with Gasteiger partial charge in [-0.25, -0.2) is 9.97 Å². The lowest BCUT2D eigenvalue weighted by Crippen LogP contribution is -2.16. The predicted octanol–water partition coefficient (Wildman–Crippen LogP) is 20.9. The van der Waals surface area contributed by atoms with Crippen molar-refractivity contribution in [1.29, 1.82) is 0 Å². The second-order valence-electron chi connectivity index (χ2n) is 32.2. The molecule has 2 aliphatic heterocycles. The minimum Gasteiger partial charge on any atom is -0.397 e. The molecule has 0 spiro atoms. The highest BCUT2D eigenvalue weighted by atomic mass is 14.8. The zero-order valence-corrected chi connectivity index (χ0v) is 54.4. The van der Waals surface area contributed by atoms with Crippen LogP contribution in [0, 0.1) is 0 Å². The first-order chi connectivity index (χ1) is 37.5. The maximum atomic E-state index is 7.60. The summed E-state index contributed by atoms with van der Waals surface area (Å²) in [6.07, 6.45) is 8.77. The van der Waals surface area contributed by atoms with Crippen molar-refractivity contribution in [3.8, 4) is 44.5 Å². The number of fused-ring (bicyclic) bond motifs is 8. The molecular formula is C76H96N6. The smallest absolute Gasteiger partial charge is 0.0738 e. The minimum atomic E-state index is -0.151. The van der Waals surface area contributed by atoms with E-state index in [9.17, 15) is 0 Å². The van der Waals surface area contributed by atoms with Gasteiger partial charge >= 0.3 is 0 Å². The van der Waals surface area contributed by atoms with Crippen molar-refractivity contribution in [2.24, 2.45) is 0 Å². The van der Waals surface area contributed by atoms with Crippen LogP contribution in [-0.4, -0.2) is 19.9 Å². The molecule has 0 atom stereocenters. The van der Waals surface area contributed by atoms with E-state index in [2.05, 4.69) is 285 Å². The molecule has 0 aliphatic carbocycles. The van der Waals surface area contributed by atoms with E-state index < -0.39 is 0 Å². The van der Waals surface area contributed by atoms with Gasteiger partial charge in [-0.15, -0.1) is 0 Å². The molecule has 6 N–H and O–H groups in total. The Morgan fingerprint density at radius 2 is 0.439 bits per heavy atom. The van der Waals surface area contributed by atoms with Crippen LogP contribution in [0.25, 0.3) is 90.9 Å². The number of benzene rings is 4. The number of hydrogen-bond acceptors (Lipinski definition) is 4. The first-order valence-corrected chi connectivity index (χ1v) is 29.9. The van der Waals surface area contributed by atoms with E-state index in [4.69, 9.17) is 21.4 Å². The number of rotatable bonds is 4. The van der Waals surface area contributed by atoms with E-state index in [0.29, 0.717) is 11.4 Å². The molecule has 0 fully saturated rings. The maximum Gasteiger partial charge on any atom is 0.0738 e. The molecule has 4 aromatic carbocycles. The lowest BCUT2D eigenvalue weighted by molar-refractivity contribution is 0.568. The molecule has 2 aliphatic rings. The number of nitrogens with one attached hydrogen (secondary N) is 2.